The van der Waals surface area contributed by atoms with Crippen molar-refractivity contribution in [3.63, 3.8) is 0 Å². The van der Waals surface area contributed by atoms with Gasteiger partial charge in [0, 0.05) is 6.54 Å². The summed E-state index contributed by atoms with van der Waals surface area (Å²) >= 11 is 1.26. The molecule has 1 amide bonds. The van der Waals surface area contributed by atoms with E-state index in [0.717, 1.165) is 5.56 Å². The Labute approximate surface area is 148 Å². The maximum Gasteiger partial charge on any atom is 0.268 e. The summed E-state index contributed by atoms with van der Waals surface area (Å²) in [7, 11) is 0. The van der Waals surface area contributed by atoms with Gasteiger partial charge in [-0.15, -0.1) is 11.3 Å². The number of aliphatic hydroxyl groups excluding tert-OH is 1. The average molecular weight is 358 g/mol. The monoisotopic (exact) mass is 358 g/mol. The average Bonchev–Trinajstić information content (AvgIpc) is 3.08. The third-order valence-electron chi connectivity index (χ3n) is 3.81. The van der Waals surface area contributed by atoms with Gasteiger partial charge in [-0.3, -0.25) is 9.59 Å². The molecule has 0 saturated heterocycles. The lowest BCUT2D eigenvalue weighted by Crippen LogP contribution is -2.36. The minimum Gasteiger partial charge on any atom is -0.505 e. The summed E-state index contributed by atoms with van der Waals surface area (Å²) in [4.78, 5) is 25.2. The fraction of sp³-hybridized carbons (Fsp3) is 0.222. The first kappa shape index (κ1) is 17.2. The molecule has 130 valence electrons. The third kappa shape index (κ3) is 3.42. The molecule has 7 heteroatoms. The Hall–Kier alpha value is -2.64. The lowest BCUT2D eigenvalue weighted by molar-refractivity contribution is 0.0919. The minimum absolute atomic E-state index is 0.00111. The number of carbonyl (C=O) groups is 1. The molecule has 0 aliphatic heterocycles. The normalized spacial score (nSPS) is 12.2. The quantitative estimate of drug-likeness (QED) is 0.650. The van der Waals surface area contributed by atoms with Crippen molar-refractivity contribution < 1.29 is 15.0 Å². The van der Waals surface area contributed by atoms with Crippen molar-refractivity contribution >= 4 is 27.5 Å². The summed E-state index contributed by atoms with van der Waals surface area (Å²) in [5, 5.41) is 24.0. The van der Waals surface area contributed by atoms with Gasteiger partial charge in [-0.1, -0.05) is 30.3 Å². The van der Waals surface area contributed by atoms with E-state index >= 15 is 0 Å². The molecule has 3 N–H and O–H groups in total. The van der Waals surface area contributed by atoms with Crippen molar-refractivity contribution in [3.8, 4) is 5.75 Å². The molecular formula is C18H18N2O4S. The van der Waals surface area contributed by atoms with Crippen molar-refractivity contribution in [2.45, 2.75) is 19.6 Å². The first-order valence-electron chi connectivity index (χ1n) is 7.82. The van der Waals surface area contributed by atoms with Crippen LogP contribution in [0.25, 0.3) is 10.2 Å². The number of hydrogen-bond donors (Lipinski definition) is 3. The van der Waals surface area contributed by atoms with Crippen LogP contribution in [0.2, 0.25) is 0 Å². The largest absolute Gasteiger partial charge is 0.505 e. The van der Waals surface area contributed by atoms with E-state index in [1.165, 1.54) is 22.8 Å². The molecule has 0 bridgehead atoms. The molecule has 1 atom stereocenters. The summed E-state index contributed by atoms with van der Waals surface area (Å²) in [5.74, 6) is -1.01. The van der Waals surface area contributed by atoms with E-state index in [-0.39, 0.29) is 17.9 Å². The zero-order valence-electron chi connectivity index (χ0n) is 13.6. The van der Waals surface area contributed by atoms with Crippen LogP contribution in [0.4, 0.5) is 0 Å². The molecule has 0 unspecified atom stereocenters. The number of aliphatic hydroxyl groups is 1. The number of amides is 1. The van der Waals surface area contributed by atoms with Crippen LogP contribution < -0.4 is 10.9 Å². The van der Waals surface area contributed by atoms with Crippen LogP contribution in [0.15, 0.2) is 46.6 Å². The fourth-order valence-corrected chi connectivity index (χ4v) is 3.45. The van der Waals surface area contributed by atoms with E-state index in [4.69, 9.17) is 0 Å². The molecule has 2 heterocycles. The van der Waals surface area contributed by atoms with Crippen molar-refractivity contribution in [2.75, 3.05) is 6.54 Å². The van der Waals surface area contributed by atoms with E-state index in [9.17, 15) is 19.8 Å². The van der Waals surface area contributed by atoms with Crippen molar-refractivity contribution in [2.24, 2.45) is 0 Å². The number of aromatic hydroxyl groups is 1. The molecule has 0 spiro atoms. The summed E-state index contributed by atoms with van der Waals surface area (Å²) in [6, 6.07) is 11.2. The lowest BCUT2D eigenvalue weighted by Gasteiger charge is -2.13. The Bertz CT molecular complexity index is 960. The first-order valence-corrected chi connectivity index (χ1v) is 8.70. The minimum atomic E-state index is -0.747. The van der Waals surface area contributed by atoms with E-state index in [1.807, 2.05) is 30.3 Å². The van der Waals surface area contributed by atoms with Crippen molar-refractivity contribution in [1.82, 2.24) is 9.88 Å². The van der Waals surface area contributed by atoms with Crippen LogP contribution in [0.5, 0.6) is 5.75 Å². The lowest BCUT2D eigenvalue weighted by atomic mass is 10.1. The van der Waals surface area contributed by atoms with Crippen LogP contribution in [-0.4, -0.2) is 33.3 Å². The zero-order chi connectivity index (χ0) is 18.0. The summed E-state index contributed by atoms with van der Waals surface area (Å²) < 4.78 is 1.97. The SMILES string of the molecule is C[C@H](O)CNC(=O)c1c(O)c2sccc2n(Cc2ccccc2)c1=O. The number of thiophene rings is 1. The second-order valence-corrected chi connectivity index (χ2v) is 6.71. The first-order chi connectivity index (χ1) is 12.0. The van der Waals surface area contributed by atoms with E-state index in [2.05, 4.69) is 5.32 Å². The fourth-order valence-electron chi connectivity index (χ4n) is 2.61. The number of pyridine rings is 1. The van der Waals surface area contributed by atoms with Crippen LogP contribution in [-0.2, 0) is 6.54 Å². The highest BCUT2D eigenvalue weighted by molar-refractivity contribution is 7.17. The summed E-state index contributed by atoms with van der Waals surface area (Å²) in [6.07, 6.45) is -0.747. The van der Waals surface area contributed by atoms with Gasteiger partial charge >= 0.3 is 0 Å². The van der Waals surface area contributed by atoms with Gasteiger partial charge in [-0.05, 0) is 23.9 Å². The van der Waals surface area contributed by atoms with E-state index in [1.54, 1.807) is 11.4 Å². The number of aromatic nitrogens is 1. The predicted octanol–water partition coefficient (Wildman–Crippen LogP) is 1.93. The molecule has 2 aromatic heterocycles. The van der Waals surface area contributed by atoms with Gasteiger partial charge in [-0.2, -0.15) is 0 Å². The second-order valence-electron chi connectivity index (χ2n) is 5.79. The van der Waals surface area contributed by atoms with E-state index in [0.29, 0.717) is 16.8 Å². The van der Waals surface area contributed by atoms with Gasteiger partial charge < -0.3 is 20.1 Å². The number of nitrogens with one attached hydrogen (secondary N) is 1. The number of rotatable bonds is 5. The molecule has 3 rings (SSSR count). The Balaban J connectivity index is 2.12. The van der Waals surface area contributed by atoms with Crippen LogP contribution >= 0.6 is 11.3 Å². The maximum atomic E-state index is 12.9. The van der Waals surface area contributed by atoms with Gasteiger partial charge in [0.25, 0.3) is 11.5 Å². The smallest absolute Gasteiger partial charge is 0.268 e. The highest BCUT2D eigenvalue weighted by atomic mass is 32.1. The van der Waals surface area contributed by atoms with Gasteiger partial charge in [0.2, 0.25) is 0 Å². The molecule has 0 radical (unpaired) electrons. The van der Waals surface area contributed by atoms with Gasteiger partial charge in [-0.25, -0.2) is 0 Å². The number of benzene rings is 1. The highest BCUT2D eigenvalue weighted by Gasteiger charge is 2.23. The molecule has 0 saturated carbocycles. The molecule has 0 aliphatic carbocycles. The Kier molecular flexibility index (Phi) is 4.87. The number of fused-ring (bicyclic) bond motifs is 1. The predicted molar refractivity (Wildman–Crippen MR) is 97.3 cm³/mol. The molecule has 25 heavy (non-hydrogen) atoms. The summed E-state index contributed by atoms with van der Waals surface area (Å²) in [6.45, 7) is 1.82. The molecule has 1 aromatic carbocycles. The Morgan fingerprint density at radius 3 is 2.68 bits per heavy atom. The maximum absolute atomic E-state index is 12.9. The summed E-state index contributed by atoms with van der Waals surface area (Å²) in [5.41, 5.74) is 0.642. The third-order valence-corrected chi connectivity index (χ3v) is 4.73. The second kappa shape index (κ2) is 7.08. The molecule has 6 nitrogen and oxygen atoms in total. The molecule has 0 fully saturated rings. The van der Waals surface area contributed by atoms with Gasteiger partial charge in [0.1, 0.15) is 5.56 Å². The van der Waals surface area contributed by atoms with Gasteiger partial charge in [0.05, 0.1) is 22.9 Å². The molecule has 3 aromatic rings. The van der Waals surface area contributed by atoms with Crippen molar-refractivity contribution in [1.29, 1.82) is 0 Å². The highest BCUT2D eigenvalue weighted by Crippen LogP contribution is 2.31. The van der Waals surface area contributed by atoms with E-state index < -0.39 is 17.6 Å². The Morgan fingerprint density at radius 2 is 2.00 bits per heavy atom. The van der Waals surface area contributed by atoms with Gasteiger partial charge in [0.15, 0.2) is 5.75 Å². The number of nitrogens with zero attached hydrogens (tertiary/aromatic N) is 1. The standard InChI is InChI=1S/C18H18N2O4S/c1-11(21)9-19-17(23)14-15(22)16-13(7-8-25-16)20(18(14)24)10-12-5-3-2-4-6-12/h2-8,11,21-22H,9-10H2,1H3,(H,19,23)/t11-/m0/s1. The number of carbonyl (C=O) groups excluding carboxylic acids is 1. The molecular weight excluding hydrogens is 340 g/mol. The topological polar surface area (TPSA) is 91.6 Å². The zero-order valence-corrected chi connectivity index (χ0v) is 14.4. The van der Waals surface area contributed by atoms with Crippen LogP contribution in [0, 0.1) is 0 Å². The Morgan fingerprint density at radius 1 is 1.28 bits per heavy atom. The molecule has 0 aliphatic rings. The van der Waals surface area contributed by atoms with Crippen LogP contribution in [0.3, 0.4) is 0 Å². The number of hydrogen-bond acceptors (Lipinski definition) is 5. The van der Waals surface area contributed by atoms with Crippen LogP contribution in [0.1, 0.15) is 22.8 Å². The van der Waals surface area contributed by atoms with Crippen molar-refractivity contribution in [3.05, 3.63) is 63.3 Å².